The maximum Gasteiger partial charge on any atom is -1.00 e. The van der Waals surface area contributed by atoms with E-state index < -0.39 is 21.3 Å². The minimum Gasteiger partial charge on any atom is -1.00 e. The van der Waals surface area contributed by atoms with Crippen LogP contribution in [-0.2, 0) is 27.7 Å². The third-order valence-electron chi connectivity index (χ3n) is 15.6. The van der Waals surface area contributed by atoms with Crippen LogP contribution < -0.4 is 24.8 Å². The molecule has 0 spiro atoms. The van der Waals surface area contributed by atoms with Crippen molar-refractivity contribution in [1.29, 1.82) is 0 Å². The van der Waals surface area contributed by atoms with Crippen LogP contribution in [0.25, 0.3) is 5.57 Å². The molecule has 3 atom stereocenters. The first-order chi connectivity index (χ1) is 23.7. The summed E-state index contributed by atoms with van der Waals surface area (Å²) in [6.07, 6.45) is 18.2. The van der Waals surface area contributed by atoms with Crippen LogP contribution in [0.3, 0.4) is 0 Å². The van der Waals surface area contributed by atoms with Gasteiger partial charge in [-0.25, -0.2) is 0 Å². The van der Waals surface area contributed by atoms with Crippen LogP contribution in [0.2, 0.25) is 11.8 Å². The molecule has 4 heteroatoms. The molecular formula is C48H53Cl3Zr. The van der Waals surface area contributed by atoms with Gasteiger partial charge in [-0.1, -0.05) is 0 Å². The molecule has 270 valence electrons. The van der Waals surface area contributed by atoms with Crippen LogP contribution in [0, 0.1) is 34.5 Å². The monoisotopic (exact) mass is 824 g/mol. The molecule has 3 unspecified atom stereocenters. The van der Waals surface area contributed by atoms with Crippen molar-refractivity contribution in [3.05, 3.63) is 159 Å². The van der Waals surface area contributed by atoms with E-state index in [1.54, 1.807) is 19.9 Å². The van der Waals surface area contributed by atoms with E-state index in [2.05, 4.69) is 165 Å². The molecule has 1 saturated carbocycles. The number of halogens is 3. The standard InChI is InChI=1S/C29H37.C14H11Cl.C5H5.2ClH.Zr/c1-18-25-22-17-19-13-9-10-14-20(19)24(22)21-15-11-12-16-23(21)29(25,8)28(6,7)27(4,5)26(18,2)3;1-11-5-7-12(8-6-11)9-13-3-2-4-14(15)10-13;1-2-4-5-3-1;;;/h9-11,13-15,23H,12,16-17H2,1-8H3;2-8,10H,1H3;1-5H;2*1H;/q;;;;;+2/p-2. The van der Waals surface area contributed by atoms with E-state index in [-0.39, 0.29) is 49.6 Å². The second kappa shape index (κ2) is 13.6. The maximum atomic E-state index is 6.92. The summed E-state index contributed by atoms with van der Waals surface area (Å²) in [4.78, 5) is 0. The van der Waals surface area contributed by atoms with Gasteiger partial charge in [0.25, 0.3) is 0 Å². The molecule has 8 rings (SSSR count). The van der Waals surface area contributed by atoms with Gasteiger partial charge in [0.2, 0.25) is 0 Å². The molecule has 0 amide bonds. The zero-order valence-corrected chi connectivity index (χ0v) is 37.0. The SMILES string of the molecule is Cc1ccc([C](c2cccc(Cl)c2)=[Zr+2]([CH]2C=CC=C2)[C]2(C)C3=C4Cc5ccccc5C4=C4C=CCCC4C3(C)C(C)(C)C(C)(C)C2(C)C)cc1.[Cl-].[Cl-]. The van der Waals surface area contributed by atoms with E-state index in [0.717, 1.165) is 17.9 Å². The van der Waals surface area contributed by atoms with E-state index in [0.29, 0.717) is 9.54 Å². The average molecular weight is 828 g/mol. The van der Waals surface area contributed by atoms with Gasteiger partial charge in [0, 0.05) is 0 Å². The number of benzene rings is 3. The predicted molar refractivity (Wildman–Crippen MR) is 212 cm³/mol. The first-order valence-electron chi connectivity index (χ1n) is 18.8. The zero-order valence-electron chi connectivity index (χ0n) is 32.3. The summed E-state index contributed by atoms with van der Waals surface area (Å²) < 4.78 is 1.98. The second-order valence-corrected chi connectivity index (χ2v) is 25.5. The molecule has 0 bridgehead atoms. The molecule has 0 saturated heterocycles. The molecular weight excluding hydrogens is 774 g/mol. The van der Waals surface area contributed by atoms with Crippen molar-refractivity contribution in [3.63, 3.8) is 0 Å². The third kappa shape index (κ3) is 5.18. The molecule has 5 aliphatic carbocycles. The molecule has 0 nitrogen and oxygen atoms in total. The summed E-state index contributed by atoms with van der Waals surface area (Å²) in [5.41, 5.74) is 13.6. The second-order valence-electron chi connectivity index (χ2n) is 17.7. The van der Waals surface area contributed by atoms with Crippen LogP contribution in [0.5, 0.6) is 0 Å². The van der Waals surface area contributed by atoms with Crippen molar-refractivity contribution in [2.24, 2.45) is 27.6 Å². The smallest absolute Gasteiger partial charge is 1.00 e. The Kier molecular flexibility index (Phi) is 10.4. The zero-order chi connectivity index (χ0) is 35.4. The number of hydrogen-bond donors (Lipinski definition) is 0. The average Bonchev–Trinajstić information content (AvgIpc) is 3.75. The van der Waals surface area contributed by atoms with Crippen LogP contribution in [0.15, 0.2) is 126 Å². The molecule has 3 aromatic rings. The first-order valence-corrected chi connectivity index (χ1v) is 23.1. The summed E-state index contributed by atoms with van der Waals surface area (Å²) >= 11 is 3.88. The topological polar surface area (TPSA) is 0 Å². The van der Waals surface area contributed by atoms with Gasteiger partial charge >= 0.3 is 316 Å². The molecule has 0 heterocycles. The number of fused-ring (bicyclic) bond motifs is 6. The van der Waals surface area contributed by atoms with Crippen molar-refractivity contribution in [2.45, 2.75) is 88.3 Å². The Balaban J connectivity index is 0.00000232. The van der Waals surface area contributed by atoms with Crippen LogP contribution in [0.4, 0.5) is 0 Å². The van der Waals surface area contributed by atoms with Gasteiger partial charge in [0.05, 0.1) is 0 Å². The number of allylic oxidation sites excluding steroid dienone is 10. The quantitative estimate of drug-likeness (QED) is 0.259. The summed E-state index contributed by atoms with van der Waals surface area (Å²) in [7, 11) is 0. The Bertz CT molecular complexity index is 2110. The van der Waals surface area contributed by atoms with E-state index >= 15 is 0 Å². The maximum absolute atomic E-state index is 6.92. The van der Waals surface area contributed by atoms with Crippen molar-refractivity contribution in [2.75, 3.05) is 0 Å². The fourth-order valence-corrected chi connectivity index (χ4v) is 23.4. The molecule has 52 heavy (non-hydrogen) atoms. The van der Waals surface area contributed by atoms with Gasteiger partial charge in [-0.15, -0.1) is 0 Å². The largest absolute Gasteiger partial charge is 1.00 e. The van der Waals surface area contributed by atoms with E-state index in [1.807, 2.05) is 11.6 Å². The van der Waals surface area contributed by atoms with Gasteiger partial charge in [0.15, 0.2) is 0 Å². The Morgan fingerprint density at radius 3 is 2.10 bits per heavy atom. The van der Waals surface area contributed by atoms with E-state index in [9.17, 15) is 0 Å². The van der Waals surface area contributed by atoms with E-state index in [4.69, 9.17) is 11.6 Å². The Hall–Kier alpha value is -2.02. The minimum absolute atomic E-state index is 0. The molecule has 3 aromatic carbocycles. The van der Waals surface area contributed by atoms with Crippen molar-refractivity contribution in [3.8, 4) is 0 Å². The van der Waals surface area contributed by atoms with Crippen molar-refractivity contribution >= 4 is 20.4 Å². The van der Waals surface area contributed by atoms with Gasteiger partial charge in [-0.05, 0) is 0 Å². The number of hydrogen-bond acceptors (Lipinski definition) is 0. The fraction of sp³-hybridized carbons (Fsp3) is 0.396. The molecule has 0 N–H and O–H groups in total. The third-order valence-corrected chi connectivity index (χ3v) is 25.9. The Morgan fingerprint density at radius 2 is 1.42 bits per heavy atom. The Morgan fingerprint density at radius 1 is 0.750 bits per heavy atom. The predicted octanol–water partition coefficient (Wildman–Crippen LogP) is 7.32. The van der Waals surface area contributed by atoms with E-state index in [1.165, 1.54) is 34.2 Å². The van der Waals surface area contributed by atoms with Crippen LogP contribution in [0.1, 0.15) is 96.0 Å². The summed E-state index contributed by atoms with van der Waals surface area (Å²) in [6.45, 7) is 23.7. The Labute approximate surface area is 338 Å². The summed E-state index contributed by atoms with van der Waals surface area (Å²) in [5, 5.41) is 0.821. The van der Waals surface area contributed by atoms with Gasteiger partial charge in [-0.2, -0.15) is 0 Å². The van der Waals surface area contributed by atoms with Crippen LogP contribution in [-0.4, -0.2) is 3.21 Å². The molecule has 0 radical (unpaired) electrons. The summed E-state index contributed by atoms with van der Waals surface area (Å²) in [6, 6.07) is 27.7. The normalized spacial score (nSPS) is 27.6. The summed E-state index contributed by atoms with van der Waals surface area (Å²) in [5.74, 6) is 0.477. The van der Waals surface area contributed by atoms with Gasteiger partial charge in [-0.3, -0.25) is 0 Å². The minimum atomic E-state index is -3.04. The fourth-order valence-electron chi connectivity index (χ4n) is 11.6. The van der Waals surface area contributed by atoms with Gasteiger partial charge < -0.3 is 24.8 Å². The van der Waals surface area contributed by atoms with Crippen molar-refractivity contribution in [1.82, 2.24) is 0 Å². The number of rotatable bonds is 4. The molecule has 0 aromatic heterocycles. The first kappa shape index (κ1) is 39.7. The van der Waals surface area contributed by atoms with Crippen molar-refractivity contribution < 1.29 is 46.1 Å². The molecule has 1 fully saturated rings. The molecule has 5 aliphatic rings. The number of aryl methyl sites for hydroxylation is 1. The molecule has 0 aliphatic heterocycles. The van der Waals surface area contributed by atoms with Crippen LogP contribution >= 0.6 is 11.6 Å². The van der Waals surface area contributed by atoms with Gasteiger partial charge in [0.1, 0.15) is 0 Å².